The maximum atomic E-state index is 12.3. The van der Waals surface area contributed by atoms with Crippen LogP contribution in [0.3, 0.4) is 0 Å². The van der Waals surface area contributed by atoms with Crippen LogP contribution in [0.15, 0.2) is 42.6 Å². The largest absolute Gasteiger partial charge is 0.377 e. The average molecular weight is 329 g/mol. The van der Waals surface area contributed by atoms with Gasteiger partial charge >= 0.3 is 0 Å². The van der Waals surface area contributed by atoms with Gasteiger partial charge in [0.25, 0.3) is 17.5 Å². The van der Waals surface area contributed by atoms with Gasteiger partial charge in [0.2, 0.25) is 0 Å². The van der Waals surface area contributed by atoms with Crippen LogP contribution in [0.1, 0.15) is 20.8 Å². The molecule has 9 heteroatoms. The van der Waals surface area contributed by atoms with Crippen molar-refractivity contribution in [3.05, 3.63) is 64.0 Å². The van der Waals surface area contributed by atoms with E-state index in [9.17, 15) is 19.7 Å². The van der Waals surface area contributed by atoms with E-state index in [-0.39, 0.29) is 16.9 Å². The van der Waals surface area contributed by atoms with E-state index in [0.717, 1.165) is 6.07 Å². The predicted octanol–water partition coefficient (Wildman–Crippen LogP) is 1.13. The normalized spacial score (nSPS) is 9.92. The highest BCUT2D eigenvalue weighted by atomic mass is 16.6. The Bertz CT molecular complexity index is 777. The molecule has 2 aromatic rings. The van der Waals surface area contributed by atoms with Crippen LogP contribution in [0.5, 0.6) is 0 Å². The number of nitrogens with one attached hydrogen (secondary N) is 2. The van der Waals surface area contributed by atoms with Crippen molar-refractivity contribution in [2.24, 2.45) is 0 Å². The summed E-state index contributed by atoms with van der Waals surface area (Å²) in [5, 5.41) is 10.9. The molecule has 2 amide bonds. The summed E-state index contributed by atoms with van der Waals surface area (Å²) in [7, 11) is 3.40. The number of anilines is 1. The van der Waals surface area contributed by atoms with E-state index in [2.05, 4.69) is 15.8 Å². The summed E-state index contributed by atoms with van der Waals surface area (Å²) in [6.45, 7) is 0. The molecule has 0 fully saturated rings. The number of hydrazine groups is 1. The number of benzene rings is 1. The highest BCUT2D eigenvalue weighted by molar-refractivity contribution is 6.02. The fraction of sp³-hybridized carbons (Fsp3) is 0.133. The van der Waals surface area contributed by atoms with Gasteiger partial charge in [0.15, 0.2) is 0 Å². The lowest BCUT2D eigenvalue weighted by molar-refractivity contribution is -0.384. The van der Waals surface area contributed by atoms with Gasteiger partial charge in [0, 0.05) is 38.1 Å². The Labute approximate surface area is 137 Å². The van der Waals surface area contributed by atoms with Crippen LogP contribution < -0.4 is 15.8 Å². The third-order valence-corrected chi connectivity index (χ3v) is 3.10. The number of amides is 2. The molecule has 0 atom stereocenters. The van der Waals surface area contributed by atoms with Crippen molar-refractivity contribution in [1.29, 1.82) is 0 Å². The average Bonchev–Trinajstić information content (AvgIpc) is 2.59. The van der Waals surface area contributed by atoms with Gasteiger partial charge in [0.1, 0.15) is 5.69 Å². The lowest BCUT2D eigenvalue weighted by Crippen LogP contribution is -2.42. The zero-order valence-corrected chi connectivity index (χ0v) is 13.0. The standard InChI is InChI=1S/C15H15N5O4/c1-19(2)13-7-6-10(20(23)24)9-11(13)14(21)17-18-15(22)12-5-3-4-8-16-12/h3-9H,1-2H3,(H,17,21)(H,18,22). The molecule has 1 aromatic carbocycles. The number of nitro groups is 1. The van der Waals surface area contributed by atoms with Gasteiger partial charge in [-0.2, -0.15) is 0 Å². The maximum absolute atomic E-state index is 12.3. The molecule has 0 aliphatic rings. The van der Waals surface area contributed by atoms with Crippen molar-refractivity contribution < 1.29 is 14.5 Å². The monoisotopic (exact) mass is 329 g/mol. The van der Waals surface area contributed by atoms with E-state index in [1.54, 1.807) is 31.1 Å². The maximum Gasteiger partial charge on any atom is 0.288 e. The van der Waals surface area contributed by atoms with Crippen LogP contribution in [0, 0.1) is 10.1 Å². The second kappa shape index (κ2) is 7.18. The second-order valence-corrected chi connectivity index (χ2v) is 4.98. The van der Waals surface area contributed by atoms with Crippen LogP contribution in [0.25, 0.3) is 0 Å². The topological polar surface area (TPSA) is 117 Å². The summed E-state index contributed by atoms with van der Waals surface area (Å²) in [6, 6.07) is 8.69. The molecule has 24 heavy (non-hydrogen) atoms. The number of nitro benzene ring substituents is 1. The quantitative estimate of drug-likeness (QED) is 0.641. The van der Waals surface area contributed by atoms with E-state index >= 15 is 0 Å². The first-order chi connectivity index (χ1) is 11.4. The molecule has 2 N–H and O–H groups in total. The van der Waals surface area contributed by atoms with Crippen molar-refractivity contribution in [3.63, 3.8) is 0 Å². The third-order valence-electron chi connectivity index (χ3n) is 3.10. The fourth-order valence-corrected chi connectivity index (χ4v) is 1.95. The van der Waals surface area contributed by atoms with Gasteiger partial charge in [-0.15, -0.1) is 0 Å². The Kier molecular flexibility index (Phi) is 5.05. The zero-order chi connectivity index (χ0) is 17.7. The Morgan fingerprint density at radius 2 is 1.83 bits per heavy atom. The summed E-state index contributed by atoms with van der Waals surface area (Å²) in [6.07, 6.45) is 1.45. The number of hydrogen-bond acceptors (Lipinski definition) is 6. The third kappa shape index (κ3) is 3.83. The van der Waals surface area contributed by atoms with Crippen molar-refractivity contribution in [3.8, 4) is 0 Å². The number of rotatable bonds is 4. The van der Waals surface area contributed by atoms with Gasteiger partial charge in [-0.3, -0.25) is 35.5 Å². The van der Waals surface area contributed by atoms with E-state index in [0.29, 0.717) is 5.69 Å². The molecule has 0 saturated heterocycles. The van der Waals surface area contributed by atoms with Gasteiger partial charge in [-0.1, -0.05) is 6.07 Å². The SMILES string of the molecule is CN(C)c1ccc([N+](=O)[O-])cc1C(=O)NNC(=O)c1ccccn1. The molecule has 0 radical (unpaired) electrons. The van der Waals surface area contributed by atoms with Crippen LogP contribution in [0.2, 0.25) is 0 Å². The number of hydrogen-bond donors (Lipinski definition) is 2. The van der Waals surface area contributed by atoms with Gasteiger partial charge < -0.3 is 4.90 Å². The lowest BCUT2D eigenvalue weighted by atomic mass is 10.1. The van der Waals surface area contributed by atoms with Crippen molar-refractivity contribution in [2.45, 2.75) is 0 Å². The first-order valence-corrected chi connectivity index (χ1v) is 6.87. The number of pyridine rings is 1. The van der Waals surface area contributed by atoms with Gasteiger partial charge in [-0.05, 0) is 18.2 Å². The highest BCUT2D eigenvalue weighted by Crippen LogP contribution is 2.23. The van der Waals surface area contributed by atoms with Crippen molar-refractivity contribution in [1.82, 2.24) is 15.8 Å². The molecule has 0 aliphatic carbocycles. The Balaban J connectivity index is 2.18. The number of nitrogens with zero attached hydrogens (tertiary/aromatic N) is 3. The predicted molar refractivity (Wildman–Crippen MR) is 86.6 cm³/mol. The minimum atomic E-state index is -0.674. The second-order valence-electron chi connectivity index (χ2n) is 4.98. The Morgan fingerprint density at radius 3 is 2.42 bits per heavy atom. The molecule has 9 nitrogen and oxygen atoms in total. The molecule has 0 unspecified atom stereocenters. The zero-order valence-electron chi connectivity index (χ0n) is 13.0. The Hall–Kier alpha value is -3.49. The smallest absolute Gasteiger partial charge is 0.288 e. The van der Waals surface area contributed by atoms with Gasteiger partial charge in [0.05, 0.1) is 10.5 Å². The lowest BCUT2D eigenvalue weighted by Gasteiger charge is -2.17. The van der Waals surface area contributed by atoms with Crippen molar-refractivity contribution >= 4 is 23.2 Å². The molecule has 0 bridgehead atoms. The first kappa shape index (κ1) is 16.9. The van der Waals surface area contributed by atoms with Crippen LogP contribution >= 0.6 is 0 Å². The number of carbonyl (C=O) groups excluding carboxylic acids is 2. The van der Waals surface area contributed by atoms with E-state index in [1.807, 2.05) is 0 Å². The molecular formula is C15H15N5O4. The number of carbonyl (C=O) groups is 2. The van der Waals surface area contributed by atoms with Crippen LogP contribution in [-0.2, 0) is 0 Å². The highest BCUT2D eigenvalue weighted by Gasteiger charge is 2.18. The van der Waals surface area contributed by atoms with E-state index < -0.39 is 16.7 Å². The summed E-state index contributed by atoms with van der Waals surface area (Å²) >= 11 is 0. The van der Waals surface area contributed by atoms with E-state index in [4.69, 9.17) is 0 Å². The summed E-state index contributed by atoms with van der Waals surface area (Å²) < 4.78 is 0. The van der Waals surface area contributed by atoms with Crippen LogP contribution in [-0.4, -0.2) is 35.8 Å². The molecule has 124 valence electrons. The molecule has 2 rings (SSSR count). The number of non-ortho nitro benzene ring substituents is 1. The summed E-state index contributed by atoms with van der Waals surface area (Å²) in [4.78, 5) is 39.9. The molecule has 1 heterocycles. The fourth-order valence-electron chi connectivity index (χ4n) is 1.95. The summed E-state index contributed by atoms with van der Waals surface area (Å²) in [5.74, 6) is -1.27. The molecule has 0 spiro atoms. The van der Waals surface area contributed by atoms with Crippen LogP contribution in [0.4, 0.5) is 11.4 Å². The molecular weight excluding hydrogens is 314 g/mol. The first-order valence-electron chi connectivity index (χ1n) is 6.87. The molecule has 0 aliphatic heterocycles. The molecule has 0 saturated carbocycles. The minimum absolute atomic E-state index is 0.0653. The van der Waals surface area contributed by atoms with Gasteiger partial charge in [-0.25, -0.2) is 0 Å². The van der Waals surface area contributed by atoms with E-state index in [1.165, 1.54) is 24.4 Å². The number of aromatic nitrogens is 1. The minimum Gasteiger partial charge on any atom is -0.377 e. The Morgan fingerprint density at radius 1 is 1.12 bits per heavy atom. The van der Waals surface area contributed by atoms with Crippen molar-refractivity contribution in [2.75, 3.05) is 19.0 Å². The molecule has 1 aromatic heterocycles. The summed E-state index contributed by atoms with van der Waals surface area (Å²) in [5.41, 5.74) is 4.90.